The van der Waals surface area contributed by atoms with Gasteiger partial charge in [0.15, 0.2) is 0 Å². The molecule has 1 aliphatic rings. The lowest BCUT2D eigenvalue weighted by atomic mass is 10.1. The number of hydrogen-bond donors (Lipinski definition) is 2. The number of hydrogen-bond acceptors (Lipinski definition) is 5. The maximum Gasteiger partial charge on any atom is 0.309 e. The number of amides is 2. The lowest BCUT2D eigenvalue weighted by Crippen LogP contribution is -2.46. The van der Waals surface area contributed by atoms with Crippen molar-refractivity contribution < 1.29 is 14.3 Å². The molecule has 0 aliphatic carbocycles. The standard InChI is InChI=1S/C19H22ClN3O3S/c20-16-4-2-1-3-14(16)11-21-18(24)19(25)22-12-17(15-5-10-27-13-15)23-6-8-26-9-7-23/h1-5,10,13,17H,6-9,11-12H2,(H,21,24)(H,22,25). The van der Waals surface area contributed by atoms with Crippen molar-refractivity contribution in [2.45, 2.75) is 12.6 Å². The monoisotopic (exact) mass is 407 g/mol. The first kappa shape index (κ1) is 19.8. The van der Waals surface area contributed by atoms with E-state index in [1.165, 1.54) is 0 Å². The normalized spacial score (nSPS) is 15.9. The molecule has 2 N–H and O–H groups in total. The second kappa shape index (κ2) is 9.85. The molecule has 1 aromatic heterocycles. The average molecular weight is 408 g/mol. The van der Waals surface area contributed by atoms with Crippen molar-refractivity contribution >= 4 is 34.8 Å². The Kier molecular flexibility index (Phi) is 7.23. The lowest BCUT2D eigenvalue weighted by molar-refractivity contribution is -0.139. The van der Waals surface area contributed by atoms with Crippen LogP contribution < -0.4 is 10.6 Å². The Balaban J connectivity index is 1.53. The molecule has 1 fully saturated rings. The maximum atomic E-state index is 12.2. The van der Waals surface area contributed by atoms with E-state index in [-0.39, 0.29) is 12.6 Å². The number of halogens is 1. The first-order valence-electron chi connectivity index (χ1n) is 8.78. The van der Waals surface area contributed by atoms with E-state index >= 15 is 0 Å². The summed E-state index contributed by atoms with van der Waals surface area (Å²) in [6, 6.07) is 9.29. The van der Waals surface area contributed by atoms with Crippen molar-refractivity contribution in [3.8, 4) is 0 Å². The Morgan fingerprint density at radius 2 is 1.89 bits per heavy atom. The molecule has 1 saturated heterocycles. The van der Waals surface area contributed by atoms with Gasteiger partial charge < -0.3 is 15.4 Å². The fourth-order valence-corrected chi connectivity index (χ4v) is 3.89. The minimum atomic E-state index is -0.666. The van der Waals surface area contributed by atoms with Crippen LogP contribution in [-0.2, 0) is 20.9 Å². The van der Waals surface area contributed by atoms with E-state index in [0.717, 1.165) is 24.2 Å². The van der Waals surface area contributed by atoms with Crippen molar-refractivity contribution in [2.75, 3.05) is 32.8 Å². The fourth-order valence-electron chi connectivity index (χ4n) is 2.98. The quantitative estimate of drug-likeness (QED) is 0.720. The molecule has 2 amide bonds. The van der Waals surface area contributed by atoms with Gasteiger partial charge in [-0.2, -0.15) is 11.3 Å². The highest BCUT2D eigenvalue weighted by Crippen LogP contribution is 2.23. The summed E-state index contributed by atoms with van der Waals surface area (Å²) in [7, 11) is 0. The van der Waals surface area contributed by atoms with Crippen LogP contribution in [0, 0.1) is 0 Å². The second-order valence-corrected chi connectivity index (χ2v) is 7.39. The van der Waals surface area contributed by atoms with E-state index in [2.05, 4.69) is 27.0 Å². The molecule has 0 saturated carbocycles. The smallest absolute Gasteiger partial charge is 0.309 e. The van der Waals surface area contributed by atoms with Crippen LogP contribution in [0.25, 0.3) is 0 Å². The topological polar surface area (TPSA) is 70.7 Å². The Morgan fingerprint density at radius 1 is 1.15 bits per heavy atom. The van der Waals surface area contributed by atoms with Crippen molar-refractivity contribution in [3.05, 3.63) is 57.2 Å². The van der Waals surface area contributed by atoms with Gasteiger partial charge in [0.1, 0.15) is 0 Å². The number of nitrogens with zero attached hydrogens (tertiary/aromatic N) is 1. The molecule has 2 aromatic rings. The molecule has 6 nitrogen and oxygen atoms in total. The Hall–Kier alpha value is -1.93. The molecule has 1 aromatic carbocycles. The summed E-state index contributed by atoms with van der Waals surface area (Å²) in [5.41, 5.74) is 1.91. The Bertz CT molecular complexity index is 763. The van der Waals surface area contributed by atoms with Gasteiger partial charge in [-0.1, -0.05) is 29.8 Å². The van der Waals surface area contributed by atoms with Crippen LogP contribution in [0.4, 0.5) is 0 Å². The molecule has 27 heavy (non-hydrogen) atoms. The van der Waals surface area contributed by atoms with E-state index in [1.54, 1.807) is 17.4 Å². The van der Waals surface area contributed by atoms with Crippen LogP contribution in [0.5, 0.6) is 0 Å². The first-order chi connectivity index (χ1) is 13.1. The van der Waals surface area contributed by atoms with Gasteiger partial charge in [0, 0.05) is 31.2 Å². The van der Waals surface area contributed by atoms with Crippen LogP contribution in [0.2, 0.25) is 5.02 Å². The molecule has 0 radical (unpaired) electrons. The largest absolute Gasteiger partial charge is 0.379 e. The van der Waals surface area contributed by atoms with Crippen molar-refractivity contribution in [1.29, 1.82) is 0 Å². The van der Waals surface area contributed by atoms with E-state index in [1.807, 2.05) is 23.6 Å². The summed E-state index contributed by atoms with van der Waals surface area (Å²) in [5.74, 6) is -1.31. The molecule has 3 rings (SSSR count). The van der Waals surface area contributed by atoms with Crippen molar-refractivity contribution in [3.63, 3.8) is 0 Å². The zero-order valence-corrected chi connectivity index (χ0v) is 16.4. The highest BCUT2D eigenvalue weighted by Gasteiger charge is 2.24. The summed E-state index contributed by atoms with van der Waals surface area (Å²) in [6.07, 6.45) is 0. The van der Waals surface area contributed by atoms with Gasteiger partial charge in [0.05, 0.1) is 19.3 Å². The molecular formula is C19H22ClN3O3S. The zero-order valence-electron chi connectivity index (χ0n) is 14.8. The van der Waals surface area contributed by atoms with E-state index in [4.69, 9.17) is 16.3 Å². The van der Waals surface area contributed by atoms with E-state index in [0.29, 0.717) is 24.8 Å². The molecule has 0 bridgehead atoms. The van der Waals surface area contributed by atoms with Crippen LogP contribution >= 0.6 is 22.9 Å². The van der Waals surface area contributed by atoms with E-state index < -0.39 is 11.8 Å². The highest BCUT2D eigenvalue weighted by atomic mass is 35.5. The number of carbonyl (C=O) groups excluding carboxylic acids is 2. The second-order valence-electron chi connectivity index (χ2n) is 6.20. The SMILES string of the molecule is O=C(NCc1ccccc1Cl)C(=O)NCC(c1ccsc1)N1CCOCC1. The molecule has 1 aliphatic heterocycles. The number of rotatable bonds is 6. The third kappa shape index (κ3) is 5.52. The van der Waals surface area contributed by atoms with Gasteiger partial charge in [-0.25, -0.2) is 0 Å². The molecule has 1 atom stereocenters. The van der Waals surface area contributed by atoms with Crippen LogP contribution in [0.3, 0.4) is 0 Å². The number of benzene rings is 1. The summed E-state index contributed by atoms with van der Waals surface area (Å²) in [5, 5.41) is 10.0. The maximum absolute atomic E-state index is 12.2. The summed E-state index contributed by atoms with van der Waals surface area (Å²) in [6.45, 7) is 3.53. The minimum Gasteiger partial charge on any atom is -0.379 e. The lowest BCUT2D eigenvalue weighted by Gasteiger charge is -2.34. The number of morpholine rings is 1. The van der Waals surface area contributed by atoms with Crippen molar-refractivity contribution in [2.24, 2.45) is 0 Å². The predicted molar refractivity (Wildman–Crippen MR) is 106 cm³/mol. The van der Waals surface area contributed by atoms with Crippen molar-refractivity contribution in [1.82, 2.24) is 15.5 Å². The number of ether oxygens (including phenoxy) is 1. The molecule has 8 heteroatoms. The fraction of sp³-hybridized carbons (Fsp3) is 0.368. The van der Waals surface area contributed by atoms with E-state index in [9.17, 15) is 9.59 Å². The third-order valence-electron chi connectivity index (χ3n) is 4.47. The van der Waals surface area contributed by atoms with Gasteiger partial charge in [-0.15, -0.1) is 0 Å². The van der Waals surface area contributed by atoms with Gasteiger partial charge in [0.25, 0.3) is 0 Å². The van der Waals surface area contributed by atoms with Gasteiger partial charge >= 0.3 is 11.8 Å². The summed E-state index contributed by atoms with van der Waals surface area (Å²) in [4.78, 5) is 26.6. The zero-order chi connectivity index (χ0) is 19.1. The molecular weight excluding hydrogens is 386 g/mol. The Labute approximate surface area is 167 Å². The number of nitrogens with one attached hydrogen (secondary N) is 2. The summed E-state index contributed by atoms with van der Waals surface area (Å²) >= 11 is 7.68. The van der Waals surface area contributed by atoms with Gasteiger partial charge in [0.2, 0.25) is 0 Å². The number of carbonyl (C=O) groups is 2. The Morgan fingerprint density at radius 3 is 2.59 bits per heavy atom. The number of thiophene rings is 1. The highest BCUT2D eigenvalue weighted by molar-refractivity contribution is 7.08. The average Bonchev–Trinajstić information content (AvgIpc) is 3.22. The predicted octanol–water partition coefficient (Wildman–Crippen LogP) is 2.21. The third-order valence-corrected chi connectivity index (χ3v) is 5.54. The van der Waals surface area contributed by atoms with Crippen LogP contribution in [0.1, 0.15) is 17.2 Å². The molecule has 2 heterocycles. The molecule has 144 valence electrons. The minimum absolute atomic E-state index is 0.0282. The van der Waals surface area contributed by atoms with Gasteiger partial charge in [-0.3, -0.25) is 14.5 Å². The first-order valence-corrected chi connectivity index (χ1v) is 10.1. The van der Waals surface area contributed by atoms with Gasteiger partial charge in [-0.05, 0) is 34.0 Å². The molecule has 0 spiro atoms. The van der Waals surface area contributed by atoms with Crippen LogP contribution in [-0.4, -0.2) is 49.6 Å². The summed E-state index contributed by atoms with van der Waals surface area (Å²) < 4.78 is 5.41. The molecule has 1 unspecified atom stereocenters. The van der Waals surface area contributed by atoms with Crippen LogP contribution in [0.15, 0.2) is 41.1 Å².